The minimum atomic E-state index is -0.0479. The van der Waals surface area contributed by atoms with Gasteiger partial charge >= 0.3 is 0 Å². The van der Waals surface area contributed by atoms with E-state index in [9.17, 15) is 4.79 Å². The Bertz CT molecular complexity index is 574. The number of fused-ring (bicyclic) bond motifs is 3. The van der Waals surface area contributed by atoms with Crippen molar-refractivity contribution in [3.8, 4) is 5.75 Å². The van der Waals surface area contributed by atoms with Crippen LogP contribution in [0.15, 0.2) is 33.7 Å². The molecule has 0 saturated carbocycles. The normalized spacial score (nSPS) is 14.1. The van der Waals surface area contributed by atoms with Gasteiger partial charge in [-0.05, 0) is 12.1 Å². The Kier molecular flexibility index (Phi) is 1.68. The monoisotopic (exact) mass is 203 g/mol. The number of anilines is 1. The zero-order valence-electron chi connectivity index (χ0n) is 7.95. The molecule has 0 radical (unpaired) electrons. The molecule has 0 amide bonds. The molecule has 0 aliphatic carbocycles. The van der Waals surface area contributed by atoms with Crippen LogP contribution in [0.2, 0.25) is 0 Å². The van der Waals surface area contributed by atoms with Crippen LogP contribution >= 0.6 is 0 Å². The number of nitrogens with one attached hydrogen (secondary N) is 1. The molecule has 0 unspecified atom stereocenters. The summed E-state index contributed by atoms with van der Waals surface area (Å²) in [5.41, 5.74) is 1.35. The first kappa shape index (κ1) is 8.35. The van der Waals surface area contributed by atoms with Crippen LogP contribution in [-0.2, 0) is 0 Å². The zero-order chi connectivity index (χ0) is 10.3. The number of rotatable bonds is 0. The molecule has 76 valence electrons. The fourth-order valence-corrected chi connectivity index (χ4v) is 1.75. The van der Waals surface area contributed by atoms with Gasteiger partial charge < -0.3 is 14.5 Å². The standard InChI is InChI=1S/C11H9NO3/c13-9-3-5-14-10-7(9)1-2-8-11(10)15-6-4-12-8/h1-3,5,12H,4,6H2. The molecule has 2 heterocycles. The van der Waals surface area contributed by atoms with Crippen molar-refractivity contribution in [2.75, 3.05) is 18.5 Å². The summed E-state index contributed by atoms with van der Waals surface area (Å²) in [4.78, 5) is 11.5. The van der Waals surface area contributed by atoms with Gasteiger partial charge in [0.05, 0.1) is 17.3 Å². The molecule has 0 bridgehead atoms. The van der Waals surface area contributed by atoms with Gasteiger partial charge in [0.25, 0.3) is 0 Å². The van der Waals surface area contributed by atoms with Crippen LogP contribution in [0.1, 0.15) is 0 Å². The largest absolute Gasteiger partial charge is 0.486 e. The number of hydrogen-bond donors (Lipinski definition) is 1. The van der Waals surface area contributed by atoms with Crippen LogP contribution in [0.5, 0.6) is 5.75 Å². The molecule has 1 aromatic carbocycles. The van der Waals surface area contributed by atoms with Gasteiger partial charge in [0.1, 0.15) is 6.61 Å². The van der Waals surface area contributed by atoms with E-state index < -0.39 is 0 Å². The minimum absolute atomic E-state index is 0.0479. The van der Waals surface area contributed by atoms with Crippen LogP contribution in [0.3, 0.4) is 0 Å². The molecule has 4 nitrogen and oxygen atoms in total. The van der Waals surface area contributed by atoms with Crippen molar-refractivity contribution in [3.05, 3.63) is 34.7 Å². The molecule has 0 spiro atoms. The molecule has 1 aliphatic heterocycles. The molecular weight excluding hydrogens is 194 g/mol. The van der Waals surface area contributed by atoms with Gasteiger partial charge in [-0.3, -0.25) is 4.79 Å². The second-order valence-electron chi connectivity index (χ2n) is 3.38. The summed E-state index contributed by atoms with van der Waals surface area (Å²) < 4.78 is 10.8. The second kappa shape index (κ2) is 3.02. The molecule has 2 aromatic rings. The quantitative estimate of drug-likeness (QED) is 0.706. The van der Waals surface area contributed by atoms with Crippen molar-refractivity contribution in [2.24, 2.45) is 0 Å². The topological polar surface area (TPSA) is 51.5 Å². The van der Waals surface area contributed by atoms with Crippen LogP contribution in [0, 0.1) is 0 Å². The predicted octanol–water partition coefficient (Wildman–Crippen LogP) is 1.60. The van der Waals surface area contributed by atoms with Crippen molar-refractivity contribution >= 4 is 16.7 Å². The van der Waals surface area contributed by atoms with Crippen LogP contribution in [-0.4, -0.2) is 13.2 Å². The van der Waals surface area contributed by atoms with Gasteiger partial charge in [0, 0.05) is 12.6 Å². The van der Waals surface area contributed by atoms with Gasteiger partial charge in [0.15, 0.2) is 16.8 Å². The Morgan fingerprint density at radius 2 is 2.20 bits per heavy atom. The summed E-state index contributed by atoms with van der Waals surface area (Å²) in [6, 6.07) is 5.00. The van der Waals surface area contributed by atoms with Crippen LogP contribution in [0.4, 0.5) is 5.69 Å². The van der Waals surface area contributed by atoms with Gasteiger partial charge in [-0.15, -0.1) is 0 Å². The lowest BCUT2D eigenvalue weighted by Crippen LogP contribution is -2.18. The maximum atomic E-state index is 11.5. The first-order chi connectivity index (χ1) is 7.36. The third-order valence-corrected chi connectivity index (χ3v) is 2.45. The van der Waals surface area contributed by atoms with Gasteiger partial charge in [-0.2, -0.15) is 0 Å². The van der Waals surface area contributed by atoms with E-state index in [1.807, 2.05) is 6.07 Å². The van der Waals surface area contributed by atoms with Crippen molar-refractivity contribution in [3.63, 3.8) is 0 Å². The van der Waals surface area contributed by atoms with E-state index in [0.717, 1.165) is 12.2 Å². The highest BCUT2D eigenvalue weighted by Crippen LogP contribution is 2.33. The van der Waals surface area contributed by atoms with Crippen molar-refractivity contribution in [2.45, 2.75) is 0 Å². The Labute approximate surface area is 85.5 Å². The summed E-state index contributed by atoms with van der Waals surface area (Å²) in [6.45, 7) is 1.36. The average molecular weight is 203 g/mol. The molecule has 0 atom stereocenters. The molecule has 1 N–H and O–H groups in total. The Morgan fingerprint density at radius 3 is 3.13 bits per heavy atom. The Hall–Kier alpha value is -1.97. The number of hydrogen-bond acceptors (Lipinski definition) is 4. The van der Waals surface area contributed by atoms with Gasteiger partial charge in [-0.25, -0.2) is 0 Å². The van der Waals surface area contributed by atoms with Gasteiger partial charge in [0.2, 0.25) is 0 Å². The molecular formula is C11H9NO3. The molecule has 3 rings (SSSR count). The fourth-order valence-electron chi connectivity index (χ4n) is 1.75. The molecule has 0 fully saturated rings. The highest BCUT2D eigenvalue weighted by Gasteiger charge is 2.15. The Balaban J connectivity index is 2.42. The first-order valence-electron chi connectivity index (χ1n) is 4.77. The smallest absolute Gasteiger partial charge is 0.192 e. The first-order valence-corrected chi connectivity index (χ1v) is 4.77. The Morgan fingerprint density at radius 1 is 1.27 bits per heavy atom. The minimum Gasteiger partial charge on any atom is -0.486 e. The highest BCUT2D eigenvalue weighted by atomic mass is 16.5. The van der Waals surface area contributed by atoms with Crippen molar-refractivity contribution < 1.29 is 9.15 Å². The van der Waals surface area contributed by atoms with Crippen molar-refractivity contribution in [1.82, 2.24) is 0 Å². The van der Waals surface area contributed by atoms with E-state index in [0.29, 0.717) is 23.3 Å². The maximum Gasteiger partial charge on any atom is 0.192 e. The summed E-state index contributed by atoms with van der Waals surface area (Å²) in [7, 11) is 0. The van der Waals surface area contributed by atoms with E-state index >= 15 is 0 Å². The fraction of sp³-hybridized carbons (Fsp3) is 0.182. The van der Waals surface area contributed by atoms with E-state index in [1.165, 1.54) is 12.3 Å². The summed E-state index contributed by atoms with van der Waals surface area (Å²) in [6.07, 6.45) is 1.39. The van der Waals surface area contributed by atoms with E-state index in [1.54, 1.807) is 6.07 Å². The zero-order valence-corrected chi connectivity index (χ0v) is 7.95. The highest BCUT2D eigenvalue weighted by molar-refractivity contribution is 5.88. The number of benzene rings is 1. The third kappa shape index (κ3) is 1.18. The van der Waals surface area contributed by atoms with E-state index in [4.69, 9.17) is 9.15 Å². The molecule has 0 saturated heterocycles. The lowest BCUT2D eigenvalue weighted by atomic mass is 10.2. The summed E-state index contributed by atoms with van der Waals surface area (Å²) in [5, 5.41) is 3.74. The van der Waals surface area contributed by atoms with Crippen LogP contribution in [0.25, 0.3) is 11.0 Å². The lowest BCUT2D eigenvalue weighted by Gasteiger charge is -2.19. The predicted molar refractivity (Wildman–Crippen MR) is 56.5 cm³/mol. The van der Waals surface area contributed by atoms with Crippen molar-refractivity contribution in [1.29, 1.82) is 0 Å². The van der Waals surface area contributed by atoms with Gasteiger partial charge in [-0.1, -0.05) is 0 Å². The van der Waals surface area contributed by atoms with E-state index in [2.05, 4.69) is 5.32 Å². The van der Waals surface area contributed by atoms with Crippen LogP contribution < -0.4 is 15.5 Å². The maximum absolute atomic E-state index is 11.5. The second-order valence-corrected chi connectivity index (χ2v) is 3.38. The molecule has 4 heteroatoms. The SMILES string of the molecule is O=c1ccoc2c3c(ccc12)NCCO3. The molecule has 15 heavy (non-hydrogen) atoms. The summed E-state index contributed by atoms with van der Waals surface area (Å²) in [5.74, 6) is 0.636. The lowest BCUT2D eigenvalue weighted by molar-refractivity contribution is 0.321. The van der Waals surface area contributed by atoms with E-state index in [-0.39, 0.29) is 5.43 Å². The average Bonchev–Trinajstić information content (AvgIpc) is 2.29. The summed E-state index contributed by atoms with van der Waals surface area (Å²) >= 11 is 0. The molecule has 1 aromatic heterocycles. The third-order valence-electron chi connectivity index (χ3n) is 2.45. The molecule has 1 aliphatic rings. The number of ether oxygens (including phenoxy) is 1.